The third-order valence-corrected chi connectivity index (χ3v) is 7.23. The summed E-state index contributed by atoms with van der Waals surface area (Å²) < 4.78 is 0. The molecule has 0 aromatic carbocycles. The quantitative estimate of drug-likeness (QED) is 0.715. The molecule has 3 atom stereocenters. The van der Waals surface area contributed by atoms with Gasteiger partial charge in [-0.2, -0.15) is 0 Å². The number of thiazole rings is 1. The van der Waals surface area contributed by atoms with Crippen molar-refractivity contribution in [3.63, 3.8) is 0 Å². The fraction of sp³-hybridized carbons (Fsp3) is 0.438. The molecule has 1 saturated heterocycles. The number of fused-ring (bicyclic) bond motifs is 1. The van der Waals surface area contributed by atoms with E-state index in [1.807, 2.05) is 0 Å². The van der Waals surface area contributed by atoms with E-state index in [0.29, 0.717) is 38.8 Å². The van der Waals surface area contributed by atoms with Crippen LogP contribution >= 0.6 is 34.5 Å². The lowest BCUT2D eigenvalue weighted by atomic mass is 10.3. The summed E-state index contributed by atoms with van der Waals surface area (Å²) in [5.41, 5.74) is 7.00. The number of hydrogen-bond acceptors (Lipinski definition) is 5. The smallest absolute Gasteiger partial charge is 0.269 e. The van der Waals surface area contributed by atoms with Crippen LogP contribution in [0.3, 0.4) is 0 Å². The molecule has 1 unspecified atom stereocenters. The highest BCUT2D eigenvalue weighted by atomic mass is 35.5. The lowest BCUT2D eigenvalue weighted by molar-refractivity contribution is 0.0941. The molecule has 4 rings (SSSR count). The first-order valence-electron chi connectivity index (χ1n) is 8.14. The number of aromatic nitrogens is 2. The van der Waals surface area contributed by atoms with Crippen molar-refractivity contribution in [2.24, 2.45) is 17.6 Å². The molecule has 0 spiro atoms. The SMILES string of the molecule is Cc1nc(N2C[C@@H]3C(NC(=O)c4[nH]c(C)c(Cl)c4Cl)[C@@H]3C2)sc1C(N)=O. The van der Waals surface area contributed by atoms with Crippen molar-refractivity contribution in [2.45, 2.75) is 19.9 Å². The average molecular weight is 414 g/mol. The van der Waals surface area contributed by atoms with Gasteiger partial charge in [0.2, 0.25) is 0 Å². The van der Waals surface area contributed by atoms with Crippen LogP contribution in [-0.4, -0.2) is 40.9 Å². The Hall–Kier alpha value is -1.77. The van der Waals surface area contributed by atoms with Crippen LogP contribution in [0.2, 0.25) is 10.0 Å². The lowest BCUT2D eigenvalue weighted by Crippen LogP contribution is -2.34. The number of hydrogen-bond donors (Lipinski definition) is 3. The molecule has 1 saturated carbocycles. The van der Waals surface area contributed by atoms with Crippen LogP contribution < -0.4 is 16.0 Å². The first-order chi connectivity index (χ1) is 12.3. The summed E-state index contributed by atoms with van der Waals surface area (Å²) in [6, 6.07) is 0.119. The number of H-pyrrole nitrogens is 1. The zero-order chi connectivity index (χ0) is 18.7. The number of aromatic amines is 1. The standard InChI is InChI=1S/C16H17Cl2N5O2S/c1-5-9(17)10(18)12(20-5)15(25)22-11-7-3-23(4-8(7)11)16-21-6(2)13(26-16)14(19)24/h7-8,11,20H,3-4H2,1-2H3,(H2,19,24)(H,22,25)/t7-,8+,11?. The minimum atomic E-state index is -0.447. The Balaban J connectivity index is 1.39. The van der Waals surface area contributed by atoms with Crippen LogP contribution in [0, 0.1) is 25.7 Å². The number of amides is 2. The molecule has 138 valence electrons. The van der Waals surface area contributed by atoms with E-state index >= 15 is 0 Å². The van der Waals surface area contributed by atoms with Gasteiger partial charge in [0.05, 0.1) is 15.7 Å². The molecular weight excluding hydrogens is 397 g/mol. The second-order valence-corrected chi connectivity index (χ2v) is 8.49. The van der Waals surface area contributed by atoms with Crippen LogP contribution in [-0.2, 0) is 0 Å². The number of nitrogens with one attached hydrogen (secondary N) is 2. The van der Waals surface area contributed by atoms with E-state index in [1.54, 1.807) is 13.8 Å². The molecule has 1 aliphatic heterocycles. The molecule has 2 amide bonds. The van der Waals surface area contributed by atoms with Crippen molar-refractivity contribution < 1.29 is 9.59 Å². The highest BCUT2D eigenvalue weighted by Gasteiger charge is 2.57. The van der Waals surface area contributed by atoms with E-state index in [0.717, 1.165) is 18.2 Å². The van der Waals surface area contributed by atoms with E-state index in [1.165, 1.54) is 11.3 Å². The Labute approximate surface area is 163 Å². The van der Waals surface area contributed by atoms with Crippen molar-refractivity contribution in [1.29, 1.82) is 0 Å². The molecule has 2 aromatic rings. The molecule has 26 heavy (non-hydrogen) atoms. The van der Waals surface area contributed by atoms with Gasteiger partial charge >= 0.3 is 0 Å². The van der Waals surface area contributed by atoms with Crippen LogP contribution in [0.25, 0.3) is 0 Å². The second-order valence-electron chi connectivity index (χ2n) is 6.76. The van der Waals surface area contributed by atoms with Crippen LogP contribution in [0.15, 0.2) is 0 Å². The van der Waals surface area contributed by atoms with Crippen molar-refractivity contribution >= 4 is 51.5 Å². The zero-order valence-corrected chi connectivity index (χ0v) is 16.4. The lowest BCUT2D eigenvalue weighted by Gasteiger charge is -2.19. The molecule has 2 aliphatic rings. The summed E-state index contributed by atoms with van der Waals surface area (Å²) >= 11 is 13.4. The van der Waals surface area contributed by atoms with Crippen LogP contribution in [0.1, 0.15) is 31.5 Å². The number of nitrogens with two attached hydrogens (primary N) is 1. The maximum Gasteiger partial charge on any atom is 0.269 e. The van der Waals surface area contributed by atoms with E-state index in [-0.39, 0.29) is 17.0 Å². The van der Waals surface area contributed by atoms with Crippen molar-refractivity contribution in [3.8, 4) is 0 Å². The summed E-state index contributed by atoms with van der Waals surface area (Å²) in [6.07, 6.45) is 0. The number of anilines is 1. The van der Waals surface area contributed by atoms with Gasteiger partial charge in [-0.1, -0.05) is 34.5 Å². The van der Waals surface area contributed by atoms with Gasteiger partial charge in [-0.3, -0.25) is 9.59 Å². The maximum atomic E-state index is 12.4. The fourth-order valence-electron chi connectivity index (χ4n) is 3.59. The van der Waals surface area contributed by atoms with Crippen molar-refractivity contribution in [1.82, 2.24) is 15.3 Å². The normalized spacial score (nSPS) is 23.8. The molecule has 10 heteroatoms. The molecule has 1 aliphatic carbocycles. The summed E-state index contributed by atoms with van der Waals surface area (Å²) in [7, 11) is 0. The summed E-state index contributed by atoms with van der Waals surface area (Å²) in [5.74, 6) is 0.0468. The fourth-order valence-corrected chi connectivity index (χ4v) is 4.95. The predicted molar refractivity (Wildman–Crippen MR) is 101 cm³/mol. The largest absolute Gasteiger partial charge is 0.365 e. The molecule has 0 bridgehead atoms. The van der Waals surface area contributed by atoms with Gasteiger partial charge < -0.3 is 20.9 Å². The first kappa shape index (κ1) is 17.6. The predicted octanol–water partition coefficient (Wildman–Crippen LogP) is 2.36. The van der Waals surface area contributed by atoms with Crippen molar-refractivity contribution in [2.75, 3.05) is 18.0 Å². The Kier molecular flexibility index (Phi) is 4.17. The monoisotopic (exact) mass is 413 g/mol. The van der Waals surface area contributed by atoms with E-state index in [2.05, 4.69) is 20.2 Å². The minimum absolute atomic E-state index is 0.119. The van der Waals surface area contributed by atoms with Crippen molar-refractivity contribution in [3.05, 3.63) is 32.0 Å². The molecule has 4 N–H and O–H groups in total. The highest BCUT2D eigenvalue weighted by Crippen LogP contribution is 2.47. The number of carbonyl (C=O) groups excluding carboxylic acids is 2. The van der Waals surface area contributed by atoms with Gasteiger partial charge in [-0.15, -0.1) is 0 Å². The number of piperidine rings is 1. The number of nitrogens with zero attached hydrogens (tertiary/aromatic N) is 2. The van der Waals surface area contributed by atoms with Gasteiger partial charge in [0, 0.05) is 36.7 Å². The van der Waals surface area contributed by atoms with Gasteiger partial charge in [-0.05, 0) is 13.8 Å². The Morgan fingerprint density at radius 1 is 1.27 bits per heavy atom. The Bertz CT molecular complexity index is 912. The molecule has 3 heterocycles. The third-order valence-electron chi connectivity index (χ3n) is 5.05. The topological polar surface area (TPSA) is 104 Å². The first-order valence-corrected chi connectivity index (χ1v) is 9.71. The molecular formula is C16H17Cl2N5O2S. The molecule has 7 nitrogen and oxygen atoms in total. The molecule has 2 fully saturated rings. The Morgan fingerprint density at radius 2 is 1.92 bits per heavy atom. The van der Waals surface area contributed by atoms with Crippen LogP contribution in [0.4, 0.5) is 5.13 Å². The van der Waals surface area contributed by atoms with E-state index < -0.39 is 5.91 Å². The van der Waals surface area contributed by atoms with Gasteiger partial charge in [0.1, 0.15) is 10.6 Å². The Morgan fingerprint density at radius 3 is 2.42 bits per heavy atom. The van der Waals surface area contributed by atoms with E-state index in [9.17, 15) is 9.59 Å². The van der Waals surface area contributed by atoms with Crippen LogP contribution in [0.5, 0.6) is 0 Å². The zero-order valence-electron chi connectivity index (χ0n) is 14.1. The summed E-state index contributed by atoms with van der Waals surface area (Å²) in [4.78, 5) is 33.8. The van der Waals surface area contributed by atoms with Gasteiger partial charge in [-0.25, -0.2) is 4.98 Å². The average Bonchev–Trinajstić information content (AvgIpc) is 2.97. The third kappa shape index (κ3) is 2.76. The number of primary amides is 1. The number of halogens is 2. The van der Waals surface area contributed by atoms with Gasteiger partial charge in [0.25, 0.3) is 11.8 Å². The van der Waals surface area contributed by atoms with E-state index in [4.69, 9.17) is 28.9 Å². The molecule has 2 aromatic heterocycles. The highest BCUT2D eigenvalue weighted by molar-refractivity contribution is 7.17. The number of carbonyl (C=O) groups is 2. The maximum absolute atomic E-state index is 12.4. The number of aryl methyl sites for hydroxylation is 2. The second kappa shape index (κ2) is 6.14. The number of rotatable bonds is 4. The van der Waals surface area contributed by atoms with Gasteiger partial charge in [0.15, 0.2) is 5.13 Å². The minimum Gasteiger partial charge on any atom is -0.365 e. The molecule has 0 radical (unpaired) electrons. The summed E-state index contributed by atoms with van der Waals surface area (Å²) in [6.45, 7) is 5.14. The summed E-state index contributed by atoms with van der Waals surface area (Å²) in [5, 5.41) is 4.47.